The van der Waals surface area contributed by atoms with Crippen molar-refractivity contribution in [1.29, 1.82) is 0 Å². The van der Waals surface area contributed by atoms with Crippen molar-refractivity contribution in [2.75, 3.05) is 0 Å². The summed E-state index contributed by atoms with van der Waals surface area (Å²) >= 11 is 0. The summed E-state index contributed by atoms with van der Waals surface area (Å²) in [7, 11) is 0. The van der Waals surface area contributed by atoms with Gasteiger partial charge in [-0.25, -0.2) is 4.79 Å². The molecule has 0 radical (unpaired) electrons. The summed E-state index contributed by atoms with van der Waals surface area (Å²) < 4.78 is 4.41. The van der Waals surface area contributed by atoms with E-state index in [0.29, 0.717) is 5.57 Å². The summed E-state index contributed by atoms with van der Waals surface area (Å²) in [6, 6.07) is 0. The molecule has 0 unspecified atom stereocenters. The molecule has 0 aromatic heterocycles. The van der Waals surface area contributed by atoms with Crippen LogP contribution in [0.3, 0.4) is 0 Å². The minimum Gasteiger partial charge on any atom is -0.475 e. The second-order valence-corrected chi connectivity index (χ2v) is 2.23. The number of hydrogen-bond donors (Lipinski definition) is 1. The molecule has 0 heterocycles. The van der Waals surface area contributed by atoms with Crippen LogP contribution in [0.4, 0.5) is 0 Å². The molecule has 0 aromatic rings. The van der Waals surface area contributed by atoms with Crippen LogP contribution in [-0.2, 0) is 14.3 Å². The Bertz CT molecular complexity index is 210. The average Bonchev–Trinajstić information content (AvgIpc) is 1.81. The van der Waals surface area contributed by atoms with Crippen molar-refractivity contribution in [3.8, 4) is 0 Å². The van der Waals surface area contributed by atoms with Crippen LogP contribution >= 0.6 is 0 Å². The predicted molar refractivity (Wildman–Crippen MR) is 37.8 cm³/mol. The third kappa shape index (κ3) is 3.40. The van der Waals surface area contributed by atoms with Crippen molar-refractivity contribution in [2.45, 2.75) is 20.8 Å². The Labute approximate surface area is 64.5 Å². The first-order valence-electron chi connectivity index (χ1n) is 3.04. The van der Waals surface area contributed by atoms with E-state index in [2.05, 4.69) is 4.74 Å². The second-order valence-electron chi connectivity index (χ2n) is 2.23. The first-order valence-corrected chi connectivity index (χ1v) is 3.04. The van der Waals surface area contributed by atoms with Gasteiger partial charge < -0.3 is 9.84 Å². The molecule has 62 valence electrons. The molecular formula is C7H10O4. The Balaban J connectivity index is 4.52. The van der Waals surface area contributed by atoms with Crippen LogP contribution in [0.2, 0.25) is 0 Å². The van der Waals surface area contributed by atoms with Crippen molar-refractivity contribution in [2.24, 2.45) is 0 Å². The van der Waals surface area contributed by atoms with Crippen molar-refractivity contribution < 1.29 is 19.4 Å². The molecule has 0 saturated carbocycles. The number of allylic oxidation sites excluding steroid dienone is 1. The maximum atomic E-state index is 10.3. The minimum absolute atomic E-state index is 0.294. The number of rotatable bonds is 2. The first-order chi connectivity index (χ1) is 4.95. The highest BCUT2D eigenvalue weighted by atomic mass is 16.6. The predicted octanol–water partition coefficient (Wildman–Crippen LogP) is 0.928. The normalized spacial score (nSPS) is 8.64. The summed E-state index contributed by atoms with van der Waals surface area (Å²) in [5, 5.41) is 8.46. The van der Waals surface area contributed by atoms with Gasteiger partial charge in [-0.05, 0) is 19.4 Å². The molecule has 0 atom stereocenters. The van der Waals surface area contributed by atoms with Gasteiger partial charge in [-0.3, -0.25) is 4.79 Å². The number of carboxylic acids is 1. The number of ether oxygens (including phenoxy) is 1. The van der Waals surface area contributed by atoms with E-state index in [0.717, 1.165) is 6.92 Å². The number of carbonyl (C=O) groups excluding carboxylic acids is 1. The van der Waals surface area contributed by atoms with Gasteiger partial charge in [0.1, 0.15) is 0 Å². The zero-order valence-corrected chi connectivity index (χ0v) is 6.67. The van der Waals surface area contributed by atoms with E-state index in [1.54, 1.807) is 13.8 Å². The molecule has 11 heavy (non-hydrogen) atoms. The molecule has 0 aliphatic carbocycles. The highest BCUT2D eigenvalue weighted by Crippen LogP contribution is 2.05. The Morgan fingerprint density at radius 2 is 1.64 bits per heavy atom. The molecule has 0 bridgehead atoms. The number of hydrogen-bond acceptors (Lipinski definition) is 3. The summed E-state index contributed by atoms with van der Waals surface area (Å²) in [5.41, 5.74) is 0.465. The number of carbonyl (C=O) groups is 2. The van der Waals surface area contributed by atoms with E-state index in [4.69, 9.17) is 5.11 Å². The smallest absolute Gasteiger partial charge is 0.371 e. The summed E-state index contributed by atoms with van der Waals surface area (Å²) in [6.07, 6.45) is 0. The van der Waals surface area contributed by atoms with E-state index < -0.39 is 11.9 Å². The van der Waals surface area contributed by atoms with E-state index in [-0.39, 0.29) is 5.76 Å². The molecule has 0 fully saturated rings. The van der Waals surface area contributed by atoms with Gasteiger partial charge in [0.2, 0.25) is 5.76 Å². The molecular weight excluding hydrogens is 148 g/mol. The first kappa shape index (κ1) is 9.68. The fourth-order valence-electron chi connectivity index (χ4n) is 0.503. The third-order valence-electron chi connectivity index (χ3n) is 0.894. The number of carboxylic acid groups (broad SMARTS) is 1. The van der Waals surface area contributed by atoms with E-state index in [1.165, 1.54) is 0 Å². The fourth-order valence-corrected chi connectivity index (χ4v) is 0.503. The van der Waals surface area contributed by atoms with E-state index >= 15 is 0 Å². The molecule has 0 rings (SSSR count). The lowest BCUT2D eigenvalue weighted by atomic mass is 10.3. The molecule has 0 saturated heterocycles. The molecule has 0 aliphatic rings. The van der Waals surface area contributed by atoms with Gasteiger partial charge in [-0.15, -0.1) is 0 Å². The van der Waals surface area contributed by atoms with Crippen LogP contribution in [0, 0.1) is 0 Å². The lowest BCUT2D eigenvalue weighted by Gasteiger charge is -2.02. The van der Waals surface area contributed by atoms with E-state index in [1.807, 2.05) is 0 Å². The van der Waals surface area contributed by atoms with Crippen LogP contribution in [0.5, 0.6) is 0 Å². The van der Waals surface area contributed by atoms with Crippen molar-refractivity contribution >= 4 is 11.9 Å². The van der Waals surface area contributed by atoms with Crippen LogP contribution in [0.1, 0.15) is 20.8 Å². The van der Waals surface area contributed by atoms with Gasteiger partial charge in [0.25, 0.3) is 0 Å². The van der Waals surface area contributed by atoms with Crippen LogP contribution in [0.25, 0.3) is 0 Å². The van der Waals surface area contributed by atoms with Crippen molar-refractivity contribution in [1.82, 2.24) is 0 Å². The summed E-state index contributed by atoms with van der Waals surface area (Å²) in [5.74, 6) is -2.14. The Kier molecular flexibility index (Phi) is 3.30. The fraction of sp³-hybridized carbons (Fsp3) is 0.429. The van der Waals surface area contributed by atoms with Crippen molar-refractivity contribution in [3.05, 3.63) is 11.3 Å². The molecule has 0 aliphatic heterocycles. The zero-order valence-electron chi connectivity index (χ0n) is 6.67. The van der Waals surface area contributed by atoms with Crippen LogP contribution in [-0.4, -0.2) is 17.0 Å². The third-order valence-corrected chi connectivity index (χ3v) is 0.894. The average molecular weight is 158 g/mol. The molecule has 0 spiro atoms. The van der Waals surface area contributed by atoms with E-state index in [9.17, 15) is 9.59 Å². The van der Waals surface area contributed by atoms with Crippen LogP contribution < -0.4 is 0 Å². The minimum atomic E-state index is -1.22. The van der Waals surface area contributed by atoms with Crippen LogP contribution in [0.15, 0.2) is 11.3 Å². The lowest BCUT2D eigenvalue weighted by molar-refractivity contribution is -0.146. The Morgan fingerprint density at radius 3 is 1.73 bits per heavy atom. The van der Waals surface area contributed by atoms with Crippen molar-refractivity contribution in [3.63, 3.8) is 0 Å². The highest BCUT2D eigenvalue weighted by Gasteiger charge is 2.12. The molecule has 1 N–H and O–H groups in total. The molecule has 4 heteroatoms. The second kappa shape index (κ2) is 3.75. The monoisotopic (exact) mass is 158 g/mol. The quantitative estimate of drug-likeness (QED) is 0.369. The SMILES string of the molecule is CC(=O)OC(C(=O)O)=C(C)C. The zero-order chi connectivity index (χ0) is 9.02. The lowest BCUT2D eigenvalue weighted by Crippen LogP contribution is -2.09. The number of aliphatic carboxylic acids is 1. The highest BCUT2D eigenvalue weighted by molar-refractivity contribution is 5.88. The van der Waals surface area contributed by atoms with Gasteiger partial charge in [-0.1, -0.05) is 0 Å². The summed E-state index contributed by atoms with van der Waals surface area (Å²) in [6.45, 7) is 4.28. The maximum Gasteiger partial charge on any atom is 0.371 e. The maximum absolute atomic E-state index is 10.3. The topological polar surface area (TPSA) is 63.6 Å². The molecule has 4 nitrogen and oxygen atoms in total. The van der Waals surface area contributed by atoms with Gasteiger partial charge in [-0.2, -0.15) is 0 Å². The molecule has 0 aromatic carbocycles. The van der Waals surface area contributed by atoms with Gasteiger partial charge in [0, 0.05) is 6.92 Å². The van der Waals surface area contributed by atoms with Gasteiger partial charge >= 0.3 is 11.9 Å². The molecule has 0 amide bonds. The van der Waals surface area contributed by atoms with Gasteiger partial charge in [0.05, 0.1) is 0 Å². The largest absolute Gasteiger partial charge is 0.475 e. The summed E-state index contributed by atoms with van der Waals surface area (Å²) in [4.78, 5) is 20.7. The Morgan fingerprint density at radius 1 is 1.18 bits per heavy atom. The number of esters is 1. The Hall–Kier alpha value is -1.32. The van der Waals surface area contributed by atoms with Gasteiger partial charge in [0.15, 0.2) is 0 Å². The standard InChI is InChI=1S/C7H10O4/c1-4(2)6(7(9)10)11-5(3)8/h1-3H3,(H,9,10).